The van der Waals surface area contributed by atoms with Crippen LogP contribution >= 0.6 is 11.6 Å². The Morgan fingerprint density at radius 1 is 1.56 bits per heavy atom. The summed E-state index contributed by atoms with van der Waals surface area (Å²) in [5, 5.41) is 13.0. The number of halogens is 1. The van der Waals surface area contributed by atoms with Crippen LogP contribution in [0.15, 0.2) is 18.2 Å². The van der Waals surface area contributed by atoms with Gasteiger partial charge < -0.3 is 10.2 Å². The number of likely N-dealkylation sites (tertiary alicyclic amines) is 1. The van der Waals surface area contributed by atoms with Crippen LogP contribution < -0.4 is 5.32 Å². The quantitative estimate of drug-likeness (QED) is 0.911. The number of nitriles is 1. The van der Waals surface area contributed by atoms with E-state index in [4.69, 9.17) is 16.9 Å². The van der Waals surface area contributed by atoms with Crippen molar-refractivity contribution in [2.24, 2.45) is 5.92 Å². The van der Waals surface area contributed by atoms with E-state index < -0.39 is 0 Å². The van der Waals surface area contributed by atoms with Gasteiger partial charge in [-0.1, -0.05) is 17.7 Å². The summed E-state index contributed by atoms with van der Waals surface area (Å²) in [6.45, 7) is 3.17. The second-order valence-corrected chi connectivity index (χ2v) is 5.33. The van der Waals surface area contributed by atoms with Gasteiger partial charge in [-0.3, -0.25) is 0 Å². The lowest BCUT2D eigenvalue weighted by Gasteiger charge is -2.30. The first-order chi connectivity index (χ1) is 8.70. The molecule has 0 bridgehead atoms. The summed E-state index contributed by atoms with van der Waals surface area (Å²) in [6, 6.07) is 7.59. The molecular weight excluding hydrogens is 246 g/mol. The molecule has 1 fully saturated rings. The van der Waals surface area contributed by atoms with Crippen molar-refractivity contribution in [1.82, 2.24) is 4.90 Å². The Labute approximate surface area is 113 Å². The highest BCUT2D eigenvalue weighted by Crippen LogP contribution is 2.26. The van der Waals surface area contributed by atoms with Gasteiger partial charge in [0.1, 0.15) is 6.07 Å². The maximum Gasteiger partial charge on any atom is 0.101 e. The summed E-state index contributed by atoms with van der Waals surface area (Å²) in [6.07, 6.45) is 2.49. The highest BCUT2D eigenvalue weighted by atomic mass is 35.5. The second-order valence-electron chi connectivity index (χ2n) is 4.93. The van der Waals surface area contributed by atoms with E-state index in [2.05, 4.69) is 23.3 Å². The van der Waals surface area contributed by atoms with Crippen LogP contribution in [-0.4, -0.2) is 31.6 Å². The predicted molar refractivity (Wildman–Crippen MR) is 74.9 cm³/mol. The molecule has 1 saturated heterocycles. The van der Waals surface area contributed by atoms with Crippen molar-refractivity contribution in [2.45, 2.75) is 12.8 Å². The minimum absolute atomic E-state index is 0.617. The van der Waals surface area contributed by atoms with Gasteiger partial charge in [-0.15, -0.1) is 0 Å². The number of hydrogen-bond acceptors (Lipinski definition) is 3. The molecule has 0 saturated carbocycles. The van der Waals surface area contributed by atoms with E-state index >= 15 is 0 Å². The van der Waals surface area contributed by atoms with Crippen molar-refractivity contribution < 1.29 is 0 Å². The number of hydrogen-bond donors (Lipinski definition) is 1. The van der Waals surface area contributed by atoms with Crippen LogP contribution in [0, 0.1) is 17.2 Å². The molecule has 96 valence electrons. The lowest BCUT2D eigenvalue weighted by Crippen LogP contribution is -2.35. The van der Waals surface area contributed by atoms with E-state index in [0.29, 0.717) is 16.5 Å². The number of nitrogens with zero attached hydrogens (tertiary/aromatic N) is 2. The molecule has 1 aliphatic rings. The summed E-state index contributed by atoms with van der Waals surface area (Å²) in [7, 11) is 2.16. The third-order valence-electron chi connectivity index (χ3n) is 3.42. The van der Waals surface area contributed by atoms with Crippen LogP contribution in [-0.2, 0) is 0 Å². The van der Waals surface area contributed by atoms with Gasteiger partial charge in [0.15, 0.2) is 0 Å². The van der Waals surface area contributed by atoms with Gasteiger partial charge >= 0.3 is 0 Å². The third kappa shape index (κ3) is 3.16. The number of para-hydroxylation sites is 1. The average Bonchev–Trinajstić information content (AvgIpc) is 2.37. The molecule has 0 aromatic heterocycles. The van der Waals surface area contributed by atoms with E-state index in [1.54, 1.807) is 12.1 Å². The number of piperidine rings is 1. The second kappa shape index (κ2) is 6.08. The van der Waals surface area contributed by atoms with Crippen LogP contribution in [0.3, 0.4) is 0 Å². The summed E-state index contributed by atoms with van der Waals surface area (Å²) in [5.41, 5.74) is 1.39. The summed E-state index contributed by atoms with van der Waals surface area (Å²) < 4.78 is 0. The van der Waals surface area contributed by atoms with Gasteiger partial charge in [-0.2, -0.15) is 5.26 Å². The normalized spacial score (nSPS) is 20.4. The first kappa shape index (κ1) is 13.2. The van der Waals surface area contributed by atoms with Crippen LogP contribution in [0.2, 0.25) is 5.02 Å². The number of nitrogens with one attached hydrogen (secondary N) is 1. The van der Waals surface area contributed by atoms with Gasteiger partial charge in [-0.05, 0) is 44.5 Å². The minimum atomic E-state index is 0.617. The number of anilines is 1. The van der Waals surface area contributed by atoms with Crippen molar-refractivity contribution >= 4 is 17.3 Å². The molecule has 4 heteroatoms. The zero-order chi connectivity index (χ0) is 13.0. The topological polar surface area (TPSA) is 39.1 Å². The molecule has 1 N–H and O–H groups in total. The molecule has 2 rings (SSSR count). The Morgan fingerprint density at radius 3 is 3.11 bits per heavy atom. The van der Waals surface area contributed by atoms with Crippen molar-refractivity contribution in [3.05, 3.63) is 28.8 Å². The zero-order valence-electron chi connectivity index (χ0n) is 10.6. The Hall–Kier alpha value is -1.24. The smallest absolute Gasteiger partial charge is 0.101 e. The summed E-state index contributed by atoms with van der Waals surface area (Å²) in [4.78, 5) is 2.35. The van der Waals surface area contributed by atoms with Crippen molar-refractivity contribution in [2.75, 3.05) is 32.0 Å². The van der Waals surface area contributed by atoms with Crippen LogP contribution in [0.4, 0.5) is 5.69 Å². The van der Waals surface area contributed by atoms with Gasteiger partial charge in [0, 0.05) is 13.1 Å². The average molecular weight is 264 g/mol. The van der Waals surface area contributed by atoms with E-state index in [9.17, 15) is 0 Å². The minimum Gasteiger partial charge on any atom is -0.382 e. The number of benzene rings is 1. The molecule has 0 spiro atoms. The third-order valence-corrected chi connectivity index (χ3v) is 3.74. The fourth-order valence-electron chi connectivity index (χ4n) is 2.48. The monoisotopic (exact) mass is 263 g/mol. The van der Waals surface area contributed by atoms with E-state index in [1.807, 2.05) is 6.07 Å². The van der Waals surface area contributed by atoms with Crippen LogP contribution in [0.1, 0.15) is 18.4 Å². The molecule has 1 atom stereocenters. The fraction of sp³-hybridized carbons (Fsp3) is 0.500. The Kier molecular flexibility index (Phi) is 4.46. The first-order valence-corrected chi connectivity index (χ1v) is 6.69. The highest BCUT2D eigenvalue weighted by molar-refractivity contribution is 6.33. The molecule has 3 nitrogen and oxygen atoms in total. The van der Waals surface area contributed by atoms with Crippen molar-refractivity contribution in [3.8, 4) is 6.07 Å². The molecule has 1 heterocycles. The lowest BCUT2D eigenvalue weighted by molar-refractivity contribution is 0.217. The van der Waals surface area contributed by atoms with Crippen molar-refractivity contribution in [1.29, 1.82) is 5.26 Å². The Bertz CT molecular complexity index is 453. The summed E-state index contributed by atoms with van der Waals surface area (Å²) in [5.74, 6) is 0.631. The standard InChI is InChI=1S/C14H18ClN3/c1-18-7-3-4-11(10-18)9-17-14-12(8-16)5-2-6-13(14)15/h2,5-6,11,17H,3-4,7,9-10H2,1H3. The van der Waals surface area contributed by atoms with Gasteiger partial charge in [0.2, 0.25) is 0 Å². The Morgan fingerprint density at radius 2 is 2.39 bits per heavy atom. The Balaban J connectivity index is 2.00. The molecule has 18 heavy (non-hydrogen) atoms. The molecule has 1 aromatic rings. The highest BCUT2D eigenvalue weighted by Gasteiger charge is 2.17. The maximum atomic E-state index is 9.07. The summed E-state index contributed by atoms with van der Waals surface area (Å²) >= 11 is 6.13. The van der Waals surface area contributed by atoms with Crippen LogP contribution in [0.25, 0.3) is 0 Å². The predicted octanol–water partition coefficient (Wildman–Crippen LogP) is 2.97. The molecule has 0 amide bonds. The molecule has 1 aromatic carbocycles. The fourth-order valence-corrected chi connectivity index (χ4v) is 2.72. The first-order valence-electron chi connectivity index (χ1n) is 6.31. The zero-order valence-corrected chi connectivity index (χ0v) is 11.4. The molecule has 0 aliphatic carbocycles. The van der Waals surface area contributed by atoms with Crippen molar-refractivity contribution in [3.63, 3.8) is 0 Å². The lowest BCUT2D eigenvalue weighted by atomic mass is 9.98. The molecule has 1 aliphatic heterocycles. The van der Waals surface area contributed by atoms with E-state index in [-0.39, 0.29) is 0 Å². The number of rotatable bonds is 3. The largest absolute Gasteiger partial charge is 0.382 e. The molecule has 1 unspecified atom stereocenters. The van der Waals surface area contributed by atoms with E-state index in [1.165, 1.54) is 19.4 Å². The van der Waals surface area contributed by atoms with Gasteiger partial charge in [0.05, 0.1) is 16.3 Å². The SMILES string of the molecule is CN1CCCC(CNc2c(Cl)cccc2C#N)C1. The maximum absolute atomic E-state index is 9.07. The molecule has 0 radical (unpaired) electrons. The van der Waals surface area contributed by atoms with Crippen LogP contribution in [0.5, 0.6) is 0 Å². The van der Waals surface area contributed by atoms with E-state index in [0.717, 1.165) is 18.8 Å². The van der Waals surface area contributed by atoms with Gasteiger partial charge in [-0.25, -0.2) is 0 Å². The molecular formula is C14H18ClN3. The van der Waals surface area contributed by atoms with Gasteiger partial charge in [0.25, 0.3) is 0 Å².